The Morgan fingerprint density at radius 1 is 0.564 bits per heavy atom. The molecule has 0 fully saturated rings. The Morgan fingerprint density at radius 2 is 0.923 bits per heavy atom. The molecule has 0 aliphatic carbocycles. The summed E-state index contributed by atoms with van der Waals surface area (Å²) in [6, 6.07) is 34.0. The predicted octanol–water partition coefficient (Wildman–Crippen LogP) is 5.90. The van der Waals surface area contributed by atoms with Gasteiger partial charge in [-0.1, -0.05) is 98.9 Å². The van der Waals surface area contributed by atoms with Gasteiger partial charge in [0.15, 0.2) is 0 Å². The van der Waals surface area contributed by atoms with Crippen LogP contribution in [0.3, 0.4) is 0 Å². The van der Waals surface area contributed by atoms with Gasteiger partial charge in [0.2, 0.25) is 0 Å². The molecule has 0 spiro atoms. The van der Waals surface area contributed by atoms with Gasteiger partial charge in [0.25, 0.3) is 0 Å². The van der Waals surface area contributed by atoms with E-state index in [0.717, 1.165) is 12.2 Å². The summed E-state index contributed by atoms with van der Waals surface area (Å²) in [7, 11) is -3.41. The summed E-state index contributed by atoms with van der Waals surface area (Å²) in [5, 5.41) is 4.36. The Bertz CT molecular complexity index is 963. The van der Waals surface area contributed by atoms with Crippen LogP contribution in [0.15, 0.2) is 91.0 Å². The van der Waals surface area contributed by atoms with Crippen LogP contribution in [0.5, 0.6) is 0 Å². The van der Waals surface area contributed by atoms with Crippen LogP contribution in [0.4, 0.5) is 0 Å². The fraction of sp³-hybridized carbons (Fsp3) is 0.333. The van der Waals surface area contributed by atoms with Crippen LogP contribution in [0.1, 0.15) is 20.8 Å². The van der Waals surface area contributed by atoms with Crippen LogP contribution >= 0.6 is 15.8 Å². The molecule has 0 heterocycles. The first-order valence-electron chi connectivity index (χ1n) is 12.7. The van der Waals surface area contributed by atoms with Gasteiger partial charge in [-0.05, 0) is 63.1 Å². The van der Waals surface area contributed by atoms with E-state index in [1.54, 1.807) is 0 Å². The van der Waals surface area contributed by atoms with E-state index in [2.05, 4.69) is 104 Å². The second kappa shape index (κ2) is 23.3. The fourth-order valence-corrected chi connectivity index (χ4v) is 13.3. The van der Waals surface area contributed by atoms with Crippen molar-refractivity contribution in [3.05, 3.63) is 104 Å². The van der Waals surface area contributed by atoms with E-state index in [1.807, 2.05) is 20.8 Å². The molecule has 1 atom stereocenters. The van der Waals surface area contributed by atoms with E-state index in [4.69, 9.17) is 22.6 Å². The molecule has 39 heavy (non-hydrogen) atoms. The van der Waals surface area contributed by atoms with Crippen molar-refractivity contribution in [1.29, 1.82) is 0 Å². The molecule has 212 valence electrons. The normalized spacial score (nSPS) is 11.2. The van der Waals surface area contributed by atoms with Crippen LogP contribution < -0.4 is 15.9 Å². The molecule has 3 rings (SSSR count). The van der Waals surface area contributed by atoms with Crippen molar-refractivity contribution in [3.8, 4) is 0 Å². The van der Waals surface area contributed by atoms with Crippen LogP contribution in [0, 0.1) is 13.3 Å². The largest absolute Gasteiger partial charge is 0 e. The Balaban J connectivity index is 0.00000276. The number of hydrogen-bond donors (Lipinski definition) is 0. The zero-order valence-electron chi connectivity index (χ0n) is 22.9. The zero-order chi connectivity index (χ0) is 28.1. The molecule has 0 aliphatic rings. The van der Waals surface area contributed by atoms with Crippen molar-refractivity contribution in [2.24, 2.45) is 0 Å². The Labute approximate surface area is 248 Å². The molecule has 5 nitrogen and oxygen atoms in total. The van der Waals surface area contributed by atoms with Crippen LogP contribution in [0.2, 0.25) is 6.04 Å². The third-order valence-electron chi connectivity index (χ3n) is 5.63. The molecule has 1 unspecified atom stereocenters. The first-order valence-corrected chi connectivity index (χ1v) is 17.9. The maximum absolute atomic E-state index is 7.50. The monoisotopic (exact) mass is 626 g/mol. The summed E-state index contributed by atoms with van der Waals surface area (Å²) < 4.78 is 33.5. The molecule has 0 saturated heterocycles. The maximum Gasteiger partial charge on any atom is 0 e. The summed E-state index contributed by atoms with van der Waals surface area (Å²) in [4.78, 5) is 0. The van der Waals surface area contributed by atoms with Gasteiger partial charge in [0.05, 0.1) is 0 Å². The molecule has 0 radical (unpaired) electrons. The summed E-state index contributed by atoms with van der Waals surface area (Å²) in [5.41, 5.74) is 0. The average molecular weight is 627 g/mol. The van der Waals surface area contributed by atoms with E-state index < -0.39 is 16.7 Å². The molecule has 0 aromatic heterocycles. The summed E-state index contributed by atoms with van der Waals surface area (Å²) in [6.45, 7) is 17.0. The van der Waals surface area contributed by atoms with Gasteiger partial charge in [-0.3, -0.25) is 0 Å². The number of rotatable bonds is 15. The smallest absolute Gasteiger partial charge is 0 e. The second-order valence-corrected chi connectivity index (χ2v) is 15.4. The van der Waals surface area contributed by atoms with E-state index in [0.29, 0.717) is 19.8 Å². The van der Waals surface area contributed by atoms with E-state index >= 15 is 0 Å². The van der Waals surface area contributed by atoms with E-state index in [1.165, 1.54) is 28.2 Å². The molecule has 3 aromatic rings. The van der Waals surface area contributed by atoms with Crippen LogP contribution in [-0.4, -0.2) is 47.1 Å². The van der Waals surface area contributed by atoms with Gasteiger partial charge in [0.1, 0.15) is 0 Å². The minimum absolute atomic E-state index is 0. The molecular formula is C30H38NiO5P2Si. The molecule has 3 aromatic carbocycles. The van der Waals surface area contributed by atoms with Gasteiger partial charge in [-0.25, -0.2) is 0 Å². The Morgan fingerprint density at radius 3 is 1.28 bits per heavy atom. The zero-order valence-corrected chi connectivity index (χ0v) is 26.6. The average Bonchev–Trinajstić information content (AvgIpc) is 2.99. The van der Waals surface area contributed by atoms with E-state index in [-0.39, 0.29) is 24.4 Å². The standard InChI is InChI=1S/C28H38O3P2Si.2CO.Ni/c1-4-29-34(30-5-2,31-6-3)25-24-32(26-16-10-7-11-17-26)22-23-33(27-18-12-8-13-19-27)28-20-14-9-15-21-28;2*1-2;/h7-21H,4-6,22-25H2,1-3H3;;;. The fourth-order valence-electron chi connectivity index (χ4n) is 4.13. The van der Waals surface area contributed by atoms with Crippen molar-refractivity contribution in [3.63, 3.8) is 0 Å². The van der Waals surface area contributed by atoms with Gasteiger partial charge in [-0.15, -0.1) is 0 Å². The van der Waals surface area contributed by atoms with Gasteiger partial charge >= 0.3 is 31.4 Å². The molecule has 0 N–H and O–H groups in total. The molecule has 0 bridgehead atoms. The van der Waals surface area contributed by atoms with Gasteiger partial charge in [-0.2, -0.15) is 0 Å². The van der Waals surface area contributed by atoms with Crippen molar-refractivity contribution in [2.45, 2.75) is 26.8 Å². The molecule has 9 heteroatoms. The van der Waals surface area contributed by atoms with Crippen molar-refractivity contribution in [2.75, 3.05) is 38.3 Å². The Hall–Kier alpha value is -1.41. The SMILES string of the molecule is CCO[Si](CCP(CCP(c1ccccc1)c1ccccc1)c1ccccc1)(OCC)OCC.[C-]#[O+].[C-]#[O+].[Ni]. The minimum Gasteiger partial charge on any atom is 0 e. The number of hydrogen-bond acceptors (Lipinski definition) is 3. The molecular weight excluding hydrogens is 589 g/mol. The first-order chi connectivity index (χ1) is 18.7. The topological polar surface area (TPSA) is 67.5 Å². The number of benzene rings is 3. The quantitative estimate of drug-likeness (QED) is 0.0913. The maximum atomic E-state index is 7.50. The molecule has 0 saturated carbocycles. The second-order valence-electron chi connectivity index (χ2n) is 7.88. The summed E-state index contributed by atoms with van der Waals surface area (Å²) in [6.07, 6.45) is 3.43. The summed E-state index contributed by atoms with van der Waals surface area (Å²) >= 11 is 0. The predicted molar refractivity (Wildman–Crippen MR) is 160 cm³/mol. The van der Waals surface area contributed by atoms with Gasteiger partial charge in [0, 0.05) is 42.4 Å². The molecule has 0 amide bonds. The van der Waals surface area contributed by atoms with Crippen molar-refractivity contribution < 1.29 is 39.1 Å². The van der Waals surface area contributed by atoms with Crippen LogP contribution in [0.25, 0.3) is 0 Å². The Kier molecular flexibility index (Phi) is 22.5. The summed E-state index contributed by atoms with van der Waals surface area (Å²) in [5.74, 6) is 0. The van der Waals surface area contributed by atoms with Crippen LogP contribution in [-0.2, 0) is 39.1 Å². The van der Waals surface area contributed by atoms with Crippen molar-refractivity contribution in [1.82, 2.24) is 0 Å². The van der Waals surface area contributed by atoms with Crippen molar-refractivity contribution >= 4 is 40.6 Å². The third-order valence-corrected chi connectivity index (χ3v) is 14.5. The van der Waals surface area contributed by atoms with E-state index in [9.17, 15) is 0 Å². The first kappa shape index (κ1) is 37.6. The third kappa shape index (κ3) is 13.2. The molecule has 0 aliphatic heterocycles. The van der Waals surface area contributed by atoms with Gasteiger partial charge < -0.3 is 13.3 Å². The minimum atomic E-state index is -2.65.